The molecule has 1 aliphatic heterocycles. The van der Waals surface area contributed by atoms with Crippen molar-refractivity contribution in [2.24, 2.45) is 0 Å². The second-order valence-corrected chi connectivity index (χ2v) is 4.45. The predicted molar refractivity (Wildman–Crippen MR) is 53.5 cm³/mol. The van der Waals surface area contributed by atoms with Crippen LogP contribution in [0.25, 0.3) is 0 Å². The van der Waals surface area contributed by atoms with Gasteiger partial charge in [0.25, 0.3) is 0 Å². The Hall–Kier alpha value is 0.292. The van der Waals surface area contributed by atoms with Crippen molar-refractivity contribution >= 4 is 15.2 Å². The number of hydrogen-bond donors (Lipinski definition) is 5. The van der Waals surface area contributed by atoms with Crippen molar-refractivity contribution in [3.63, 3.8) is 0 Å². The summed E-state index contributed by atoms with van der Waals surface area (Å²) < 4.78 is 4.58. The summed E-state index contributed by atoms with van der Waals surface area (Å²) in [6.07, 6.45) is -7.04. The van der Waals surface area contributed by atoms with Gasteiger partial charge in [-0.1, -0.05) is 0 Å². The van der Waals surface area contributed by atoms with Crippen molar-refractivity contribution in [2.45, 2.75) is 42.3 Å². The molecule has 89 valence electrons. The molecule has 0 aromatic rings. The van der Waals surface area contributed by atoms with Crippen molar-refractivity contribution in [2.75, 3.05) is 6.61 Å². The summed E-state index contributed by atoms with van der Waals surface area (Å²) in [4.78, 5) is 0. The molecule has 6 nitrogen and oxygen atoms in total. The zero-order chi connectivity index (χ0) is 12.0. The van der Waals surface area contributed by atoms with Gasteiger partial charge in [-0.15, -0.1) is 11.6 Å². The zero-order valence-corrected chi connectivity index (χ0v) is 9.97. The molecule has 7 heteroatoms. The maximum atomic E-state index is 9.12. The van der Waals surface area contributed by atoms with Crippen molar-refractivity contribution in [3.05, 3.63) is 0 Å². The lowest BCUT2D eigenvalue weighted by molar-refractivity contribution is -0.286. The largest absolute Gasteiger partial charge is 0.394 e. The van der Waals surface area contributed by atoms with Crippen LogP contribution in [0.5, 0.6) is 0 Å². The molecule has 0 aliphatic carbocycles. The van der Waals surface area contributed by atoms with Gasteiger partial charge in [-0.3, -0.25) is 0 Å². The van der Waals surface area contributed by atoms with Crippen LogP contribution in [0, 0.1) is 0 Å². The molecule has 1 radical (unpaired) electrons. The fourth-order valence-electron chi connectivity index (χ4n) is 1.08. The van der Waals surface area contributed by atoms with Crippen LogP contribution in [0.4, 0.5) is 0 Å². The molecular formula is C8H18AlO6. The molecule has 1 rings (SSSR count). The lowest BCUT2D eigenvalue weighted by Gasteiger charge is -2.37. The molecule has 5 N–H and O–H groups in total. The second-order valence-electron chi connectivity index (χ2n) is 3.30. The van der Waals surface area contributed by atoms with Gasteiger partial charge in [0.15, 0.2) is 21.5 Å². The molecule has 1 aliphatic rings. The Bertz CT molecular complexity index is 164. The number of ether oxygens (including phenoxy) is 1. The summed E-state index contributed by atoms with van der Waals surface area (Å²) in [5.41, 5.74) is 0. The smallest absolute Gasteiger partial charge is 0.191 e. The van der Waals surface area contributed by atoms with Crippen molar-refractivity contribution < 1.29 is 30.3 Å². The topological polar surface area (TPSA) is 110 Å². The third-order valence-corrected chi connectivity index (χ3v) is 1.87. The standard InChI is InChI=1S/C6H12O6.2CH3.Al/c7-1-2-3(8)4(9)5(10)6(11)12-2;;;/h2-11H,1H2;2*1H3;. The minimum absolute atomic E-state index is 0.526. The summed E-state index contributed by atoms with van der Waals surface area (Å²) in [5.74, 6) is 4.42. The number of hydrogen-bond acceptors (Lipinski definition) is 6. The number of aliphatic hydroxyl groups excluding tert-OH is 5. The van der Waals surface area contributed by atoms with Gasteiger partial charge in [0.2, 0.25) is 0 Å². The van der Waals surface area contributed by atoms with E-state index < -0.39 is 37.3 Å². The molecule has 5 unspecified atom stereocenters. The number of rotatable bonds is 1. The third-order valence-electron chi connectivity index (χ3n) is 1.87. The normalized spacial score (nSPS) is 40.3. The second kappa shape index (κ2) is 7.55. The van der Waals surface area contributed by atoms with E-state index in [1.165, 1.54) is 0 Å². The van der Waals surface area contributed by atoms with E-state index in [2.05, 4.69) is 16.3 Å². The van der Waals surface area contributed by atoms with Gasteiger partial charge in [-0.05, 0) is 0 Å². The molecule has 1 fully saturated rings. The van der Waals surface area contributed by atoms with Gasteiger partial charge < -0.3 is 30.3 Å². The molecule has 0 aromatic heterocycles. The molecule has 0 spiro atoms. The highest BCUT2D eigenvalue weighted by Gasteiger charge is 2.42. The van der Waals surface area contributed by atoms with E-state index in [4.69, 9.17) is 25.5 Å². The van der Waals surface area contributed by atoms with Gasteiger partial charge in [0, 0.05) is 0 Å². The first-order valence-corrected chi connectivity index (χ1v) is 7.03. The summed E-state index contributed by atoms with van der Waals surface area (Å²) in [7, 11) is 0. The molecule has 0 saturated carbocycles. The third kappa shape index (κ3) is 4.35. The van der Waals surface area contributed by atoms with E-state index in [-0.39, 0.29) is 0 Å². The minimum atomic E-state index is -1.57. The monoisotopic (exact) mass is 237 g/mol. The first-order valence-electron chi connectivity index (χ1n) is 4.72. The summed E-state index contributed by atoms with van der Waals surface area (Å²) in [6, 6.07) is 0. The Morgan fingerprint density at radius 2 is 1.47 bits per heavy atom. The van der Waals surface area contributed by atoms with E-state index in [9.17, 15) is 0 Å². The number of aliphatic hydroxyl groups is 5. The zero-order valence-electron chi connectivity index (χ0n) is 8.82. The SMILES string of the molecule is OCC1OC(O)C(O)C(O)C1O.[CH3][Al][CH3]. The molecule has 1 heterocycles. The average molecular weight is 237 g/mol. The summed E-state index contributed by atoms with van der Waals surface area (Å²) in [5, 5.41) is 44.7. The summed E-state index contributed by atoms with van der Waals surface area (Å²) in [6.45, 7) is -0.526. The Morgan fingerprint density at radius 3 is 1.87 bits per heavy atom. The van der Waals surface area contributed by atoms with E-state index in [0.717, 1.165) is 15.2 Å². The molecule has 15 heavy (non-hydrogen) atoms. The maximum absolute atomic E-state index is 9.12. The van der Waals surface area contributed by atoms with Crippen LogP contribution in [0.2, 0.25) is 11.6 Å². The maximum Gasteiger partial charge on any atom is 0.191 e. The predicted octanol–water partition coefficient (Wildman–Crippen LogP) is -2.43. The van der Waals surface area contributed by atoms with Crippen molar-refractivity contribution in [1.29, 1.82) is 0 Å². The van der Waals surface area contributed by atoms with Gasteiger partial charge in [0.05, 0.1) is 6.61 Å². The van der Waals surface area contributed by atoms with E-state index >= 15 is 0 Å². The Balaban J connectivity index is 0.000000583. The Morgan fingerprint density at radius 1 is 1.00 bits per heavy atom. The van der Waals surface area contributed by atoms with Crippen LogP contribution in [-0.2, 0) is 4.74 Å². The average Bonchev–Trinajstić information content (AvgIpc) is 2.21. The van der Waals surface area contributed by atoms with Crippen LogP contribution < -0.4 is 0 Å². The summed E-state index contributed by atoms with van der Waals surface area (Å²) >= 11 is 0.750. The first-order chi connectivity index (χ1) is 6.99. The molecule has 5 atom stereocenters. The fourth-order valence-corrected chi connectivity index (χ4v) is 1.08. The molecule has 0 aromatic carbocycles. The van der Waals surface area contributed by atoms with E-state index in [1.807, 2.05) is 0 Å². The molecule has 1 saturated heterocycles. The first kappa shape index (κ1) is 15.3. The van der Waals surface area contributed by atoms with Gasteiger partial charge in [-0.25, -0.2) is 0 Å². The van der Waals surface area contributed by atoms with Gasteiger partial charge in [0.1, 0.15) is 24.4 Å². The van der Waals surface area contributed by atoms with Crippen molar-refractivity contribution in [1.82, 2.24) is 0 Å². The highest BCUT2D eigenvalue weighted by Crippen LogP contribution is 2.18. The van der Waals surface area contributed by atoms with E-state index in [0.29, 0.717) is 0 Å². The lowest BCUT2D eigenvalue weighted by atomic mass is 10.00. The van der Waals surface area contributed by atoms with Crippen LogP contribution >= 0.6 is 0 Å². The molecule has 0 bridgehead atoms. The van der Waals surface area contributed by atoms with Gasteiger partial charge >= 0.3 is 0 Å². The highest BCUT2D eigenvalue weighted by molar-refractivity contribution is 6.31. The van der Waals surface area contributed by atoms with E-state index in [1.54, 1.807) is 0 Å². The van der Waals surface area contributed by atoms with Crippen LogP contribution in [0.15, 0.2) is 0 Å². The van der Waals surface area contributed by atoms with Crippen LogP contribution in [-0.4, -0.2) is 78.1 Å². The molecule has 0 amide bonds. The lowest BCUT2D eigenvalue weighted by Crippen LogP contribution is -2.58. The van der Waals surface area contributed by atoms with Crippen LogP contribution in [0.1, 0.15) is 0 Å². The van der Waals surface area contributed by atoms with Crippen LogP contribution in [0.3, 0.4) is 0 Å². The van der Waals surface area contributed by atoms with Crippen molar-refractivity contribution in [3.8, 4) is 0 Å². The minimum Gasteiger partial charge on any atom is -0.394 e. The Labute approximate surface area is 94.8 Å². The quantitative estimate of drug-likeness (QED) is 0.324. The highest BCUT2D eigenvalue weighted by atomic mass is 27.1. The fraction of sp³-hybridized carbons (Fsp3) is 1.00. The molecular weight excluding hydrogens is 219 g/mol. The Kier molecular flexibility index (Phi) is 7.69. The van der Waals surface area contributed by atoms with Gasteiger partial charge in [-0.2, -0.15) is 0 Å².